The fraction of sp³-hybridized carbons (Fsp3) is 0.167. The Morgan fingerprint density at radius 1 is 1.50 bits per heavy atom. The van der Waals surface area contributed by atoms with Gasteiger partial charge in [0, 0.05) is 6.08 Å². The van der Waals surface area contributed by atoms with Gasteiger partial charge in [-0.25, -0.2) is 9.78 Å². The predicted molar refractivity (Wildman–Crippen MR) is 61.2 cm³/mol. The van der Waals surface area contributed by atoms with Gasteiger partial charge >= 0.3 is 5.97 Å². The summed E-state index contributed by atoms with van der Waals surface area (Å²) in [4.78, 5) is 17.4. The molecule has 0 spiro atoms. The highest BCUT2D eigenvalue weighted by molar-refractivity contribution is 5.79. The van der Waals surface area contributed by atoms with Crippen LogP contribution in [0.4, 0.5) is 0 Å². The Morgan fingerprint density at radius 3 is 3.19 bits per heavy atom. The van der Waals surface area contributed by atoms with Gasteiger partial charge < -0.3 is 10.1 Å². The number of nitrogens with zero attached hydrogens (tertiary/aromatic N) is 1. The van der Waals surface area contributed by atoms with Crippen LogP contribution in [0.15, 0.2) is 36.7 Å². The van der Waals surface area contributed by atoms with Gasteiger partial charge in [-0.2, -0.15) is 0 Å². The van der Waals surface area contributed by atoms with Crippen LogP contribution in [-0.4, -0.2) is 21.0 Å². The van der Waals surface area contributed by atoms with Gasteiger partial charge in [-0.1, -0.05) is 12.1 Å². The van der Waals surface area contributed by atoms with E-state index in [9.17, 15) is 4.79 Å². The molecule has 0 bridgehead atoms. The zero-order valence-corrected chi connectivity index (χ0v) is 8.68. The third kappa shape index (κ3) is 2.48. The second kappa shape index (κ2) is 4.61. The molecule has 0 aliphatic rings. The average Bonchev–Trinajstić information content (AvgIpc) is 2.71. The van der Waals surface area contributed by atoms with Crippen LogP contribution in [0.5, 0.6) is 0 Å². The third-order valence-corrected chi connectivity index (χ3v) is 2.34. The number of carboxylic acids is 1. The maximum atomic E-state index is 10.3. The molecule has 0 aliphatic heterocycles. The zero-order valence-electron chi connectivity index (χ0n) is 8.68. The number of H-pyrrole nitrogens is 1. The van der Waals surface area contributed by atoms with Crippen molar-refractivity contribution in [2.75, 3.05) is 0 Å². The van der Waals surface area contributed by atoms with E-state index in [1.54, 1.807) is 12.4 Å². The minimum atomic E-state index is -0.899. The number of imidazole rings is 1. The van der Waals surface area contributed by atoms with Crippen molar-refractivity contribution in [3.8, 4) is 0 Å². The molecule has 4 nitrogen and oxygen atoms in total. The SMILES string of the molecule is O=C(O)/C=C/CCc1ccc2nc[nH]c2c1. The maximum Gasteiger partial charge on any atom is 0.327 e. The highest BCUT2D eigenvalue weighted by Gasteiger charge is 1.97. The number of aromatic amines is 1. The molecular formula is C12H12N2O2. The Balaban J connectivity index is 2.01. The first-order chi connectivity index (χ1) is 7.75. The van der Waals surface area contributed by atoms with E-state index in [1.807, 2.05) is 18.2 Å². The molecule has 0 saturated heterocycles. The smallest absolute Gasteiger partial charge is 0.327 e. The van der Waals surface area contributed by atoms with E-state index >= 15 is 0 Å². The van der Waals surface area contributed by atoms with E-state index in [4.69, 9.17) is 5.11 Å². The van der Waals surface area contributed by atoms with Crippen molar-refractivity contribution < 1.29 is 9.90 Å². The van der Waals surface area contributed by atoms with Crippen LogP contribution in [0.3, 0.4) is 0 Å². The second-order valence-corrected chi connectivity index (χ2v) is 3.53. The summed E-state index contributed by atoms with van der Waals surface area (Å²) >= 11 is 0. The van der Waals surface area contributed by atoms with E-state index in [0.717, 1.165) is 23.9 Å². The third-order valence-electron chi connectivity index (χ3n) is 2.34. The Labute approximate surface area is 92.6 Å². The molecule has 2 aromatic rings. The molecule has 1 aromatic carbocycles. The first-order valence-electron chi connectivity index (χ1n) is 5.07. The number of hydrogen-bond donors (Lipinski definition) is 2. The number of allylic oxidation sites excluding steroid dienone is 1. The van der Waals surface area contributed by atoms with Gasteiger partial charge in [-0.15, -0.1) is 0 Å². The summed E-state index contributed by atoms with van der Waals surface area (Å²) in [6.07, 6.45) is 6.07. The van der Waals surface area contributed by atoms with Crippen molar-refractivity contribution in [3.63, 3.8) is 0 Å². The van der Waals surface area contributed by atoms with E-state index in [-0.39, 0.29) is 0 Å². The van der Waals surface area contributed by atoms with Crippen molar-refractivity contribution >= 4 is 17.0 Å². The predicted octanol–water partition coefficient (Wildman–Crippen LogP) is 2.14. The number of benzene rings is 1. The number of aliphatic carboxylic acids is 1. The molecular weight excluding hydrogens is 204 g/mol. The lowest BCUT2D eigenvalue weighted by Crippen LogP contribution is -1.87. The molecule has 1 heterocycles. The molecule has 0 radical (unpaired) electrons. The molecule has 82 valence electrons. The van der Waals surface area contributed by atoms with E-state index < -0.39 is 5.97 Å². The first kappa shape index (κ1) is 10.4. The van der Waals surface area contributed by atoms with Crippen LogP contribution in [0.2, 0.25) is 0 Å². The maximum absolute atomic E-state index is 10.3. The minimum absolute atomic E-state index is 0.728. The number of aromatic nitrogens is 2. The number of carboxylic acid groups (broad SMARTS) is 1. The molecule has 0 aliphatic carbocycles. The van der Waals surface area contributed by atoms with E-state index in [0.29, 0.717) is 0 Å². The average molecular weight is 216 g/mol. The van der Waals surface area contributed by atoms with E-state index in [1.165, 1.54) is 11.6 Å². The van der Waals surface area contributed by atoms with Crippen molar-refractivity contribution in [2.45, 2.75) is 12.8 Å². The van der Waals surface area contributed by atoms with Crippen LogP contribution in [0.25, 0.3) is 11.0 Å². The quantitative estimate of drug-likeness (QED) is 0.769. The fourth-order valence-electron chi connectivity index (χ4n) is 1.57. The van der Waals surface area contributed by atoms with Crippen LogP contribution in [-0.2, 0) is 11.2 Å². The van der Waals surface area contributed by atoms with Crippen LogP contribution in [0, 0.1) is 0 Å². The van der Waals surface area contributed by atoms with Gasteiger partial charge in [0.1, 0.15) is 0 Å². The lowest BCUT2D eigenvalue weighted by atomic mass is 10.1. The zero-order chi connectivity index (χ0) is 11.4. The lowest BCUT2D eigenvalue weighted by Gasteiger charge is -1.97. The van der Waals surface area contributed by atoms with Gasteiger partial charge in [0.25, 0.3) is 0 Å². The number of nitrogens with one attached hydrogen (secondary N) is 1. The normalized spacial score (nSPS) is 11.2. The van der Waals surface area contributed by atoms with Gasteiger partial charge in [0.2, 0.25) is 0 Å². The Morgan fingerprint density at radius 2 is 2.38 bits per heavy atom. The van der Waals surface area contributed by atoms with Gasteiger partial charge in [0.05, 0.1) is 17.4 Å². The summed E-state index contributed by atoms with van der Waals surface area (Å²) in [6, 6.07) is 6.01. The summed E-state index contributed by atoms with van der Waals surface area (Å²) in [5.41, 5.74) is 3.14. The topological polar surface area (TPSA) is 66.0 Å². The molecule has 2 rings (SSSR count). The summed E-state index contributed by atoms with van der Waals surface area (Å²) in [7, 11) is 0. The largest absolute Gasteiger partial charge is 0.478 e. The van der Waals surface area contributed by atoms with Crippen LogP contribution < -0.4 is 0 Å². The van der Waals surface area contributed by atoms with Crippen LogP contribution in [0.1, 0.15) is 12.0 Å². The Hall–Kier alpha value is -2.10. The molecule has 16 heavy (non-hydrogen) atoms. The van der Waals surface area contributed by atoms with Crippen molar-refractivity contribution in [1.29, 1.82) is 0 Å². The molecule has 0 unspecified atom stereocenters. The molecule has 2 N–H and O–H groups in total. The molecule has 0 amide bonds. The summed E-state index contributed by atoms with van der Waals surface area (Å²) in [6.45, 7) is 0. The summed E-state index contributed by atoms with van der Waals surface area (Å²) < 4.78 is 0. The highest BCUT2D eigenvalue weighted by atomic mass is 16.4. The second-order valence-electron chi connectivity index (χ2n) is 3.53. The monoisotopic (exact) mass is 216 g/mol. The molecule has 0 saturated carbocycles. The van der Waals surface area contributed by atoms with Crippen molar-refractivity contribution in [1.82, 2.24) is 9.97 Å². The lowest BCUT2D eigenvalue weighted by molar-refractivity contribution is -0.131. The van der Waals surface area contributed by atoms with Gasteiger partial charge in [-0.3, -0.25) is 0 Å². The van der Waals surface area contributed by atoms with Crippen molar-refractivity contribution in [3.05, 3.63) is 42.2 Å². The molecule has 0 atom stereocenters. The van der Waals surface area contributed by atoms with E-state index in [2.05, 4.69) is 9.97 Å². The summed E-state index contributed by atoms with van der Waals surface area (Å²) in [5.74, 6) is -0.899. The standard InChI is InChI=1S/C12H12N2O2/c15-12(16)4-2-1-3-9-5-6-10-11(7-9)14-8-13-10/h2,4-8H,1,3H2,(H,13,14)(H,15,16)/b4-2+. The number of carbonyl (C=O) groups is 1. The van der Waals surface area contributed by atoms with Crippen molar-refractivity contribution in [2.24, 2.45) is 0 Å². The highest BCUT2D eigenvalue weighted by Crippen LogP contribution is 2.12. The number of hydrogen-bond acceptors (Lipinski definition) is 2. The minimum Gasteiger partial charge on any atom is -0.478 e. The number of rotatable bonds is 4. The van der Waals surface area contributed by atoms with Crippen LogP contribution >= 0.6 is 0 Å². The Bertz CT molecular complexity index is 529. The molecule has 4 heteroatoms. The number of fused-ring (bicyclic) bond motifs is 1. The first-order valence-corrected chi connectivity index (χ1v) is 5.07. The molecule has 1 aromatic heterocycles. The number of aryl methyl sites for hydroxylation is 1. The Kier molecular flexibility index (Phi) is 3.00. The summed E-state index contributed by atoms with van der Waals surface area (Å²) in [5, 5.41) is 8.42. The van der Waals surface area contributed by atoms with Gasteiger partial charge in [-0.05, 0) is 30.5 Å². The fourth-order valence-corrected chi connectivity index (χ4v) is 1.57. The molecule has 0 fully saturated rings. The van der Waals surface area contributed by atoms with Gasteiger partial charge in [0.15, 0.2) is 0 Å².